The normalized spacial score (nSPS) is 15.2. The molecule has 0 fully saturated rings. The number of carbonyl (C=O) groups excluding carboxylic acids is 1. The van der Waals surface area contributed by atoms with Crippen LogP contribution in [0.4, 0.5) is 4.39 Å². The Hall–Kier alpha value is -2.64. The molecule has 7 heteroatoms. The highest BCUT2D eigenvalue weighted by Gasteiger charge is 2.26. The minimum atomic E-state index is -0.289. The number of nitrogens with zero attached hydrogens (tertiary/aromatic N) is 2. The van der Waals surface area contributed by atoms with Crippen molar-refractivity contribution in [3.8, 4) is 0 Å². The Labute approximate surface area is 181 Å². The van der Waals surface area contributed by atoms with Gasteiger partial charge in [-0.3, -0.25) is 9.48 Å². The molecular weight excluding hydrogens is 399 g/mol. The Morgan fingerprint density at radius 2 is 2.07 bits per heavy atom. The van der Waals surface area contributed by atoms with Gasteiger partial charge in [-0.15, -0.1) is 0 Å². The average Bonchev–Trinajstić information content (AvgIpc) is 3.06. The van der Waals surface area contributed by atoms with Gasteiger partial charge in [-0.25, -0.2) is 4.39 Å². The van der Waals surface area contributed by atoms with E-state index in [9.17, 15) is 9.18 Å². The first-order valence-electron chi connectivity index (χ1n) is 10.0. The van der Waals surface area contributed by atoms with Crippen LogP contribution in [-0.2, 0) is 18.3 Å². The number of carbonyl (C=O) groups is 1. The van der Waals surface area contributed by atoms with Gasteiger partial charge in [-0.05, 0) is 60.2 Å². The van der Waals surface area contributed by atoms with Gasteiger partial charge < -0.3 is 11.1 Å². The number of benzene rings is 1. The first kappa shape index (κ1) is 22.1. The fraction of sp³-hybridized carbons (Fsp3) is 0.348. The number of halogens is 1. The van der Waals surface area contributed by atoms with Gasteiger partial charge in [0.1, 0.15) is 5.82 Å². The molecule has 0 unspecified atom stereocenters. The highest BCUT2D eigenvalue weighted by atomic mass is 32.1. The molecule has 30 heavy (non-hydrogen) atoms. The number of hydrogen-bond donors (Lipinski definition) is 2. The van der Waals surface area contributed by atoms with Gasteiger partial charge in [-0.1, -0.05) is 31.3 Å². The third-order valence-electron chi connectivity index (χ3n) is 5.39. The van der Waals surface area contributed by atoms with Crippen molar-refractivity contribution in [2.45, 2.75) is 39.2 Å². The van der Waals surface area contributed by atoms with Crippen molar-refractivity contribution in [2.24, 2.45) is 12.8 Å². The summed E-state index contributed by atoms with van der Waals surface area (Å²) < 4.78 is 15.0. The van der Waals surface area contributed by atoms with Crippen LogP contribution in [0.3, 0.4) is 0 Å². The number of aryl methyl sites for hydroxylation is 2. The molecule has 1 aliphatic rings. The molecule has 1 atom stereocenters. The van der Waals surface area contributed by atoms with E-state index in [1.807, 2.05) is 30.9 Å². The molecule has 0 saturated carbocycles. The molecule has 2 aromatic rings. The largest absolute Gasteiger partial charge is 0.348 e. The van der Waals surface area contributed by atoms with Gasteiger partial charge >= 0.3 is 0 Å². The maximum Gasteiger partial charge on any atom is 0.252 e. The van der Waals surface area contributed by atoms with Crippen molar-refractivity contribution < 1.29 is 9.18 Å². The van der Waals surface area contributed by atoms with Gasteiger partial charge in [0.05, 0.1) is 17.5 Å². The molecule has 1 heterocycles. The molecule has 3 N–H and O–H groups in total. The molecule has 1 aliphatic carbocycles. The number of hydrogen-bond acceptors (Lipinski definition) is 4. The Morgan fingerprint density at radius 3 is 2.63 bits per heavy atom. The van der Waals surface area contributed by atoms with E-state index in [1.54, 1.807) is 12.1 Å². The molecule has 3 rings (SSSR count). The summed E-state index contributed by atoms with van der Waals surface area (Å²) >= 11 is 5.61. The lowest BCUT2D eigenvalue weighted by Gasteiger charge is -2.23. The number of amides is 1. The average molecular weight is 427 g/mol. The Bertz CT molecular complexity index is 1000. The smallest absolute Gasteiger partial charge is 0.252 e. The summed E-state index contributed by atoms with van der Waals surface area (Å²) in [5.74, 6) is -0.507. The SMILES string of the molecule is CCC1=C(c2c(C)cnn2C)CC(=S)C(C(=O)N[C@H](CN)Cc2ccc(F)cc2)=C1. The highest BCUT2D eigenvalue weighted by molar-refractivity contribution is 7.81. The van der Waals surface area contributed by atoms with Crippen LogP contribution in [0.25, 0.3) is 5.57 Å². The predicted octanol–water partition coefficient (Wildman–Crippen LogP) is 3.42. The van der Waals surface area contributed by atoms with Gasteiger partial charge in [0.2, 0.25) is 0 Å². The van der Waals surface area contributed by atoms with Crippen molar-refractivity contribution in [1.82, 2.24) is 15.1 Å². The van der Waals surface area contributed by atoms with Crippen molar-refractivity contribution in [3.05, 3.63) is 70.3 Å². The minimum Gasteiger partial charge on any atom is -0.348 e. The first-order chi connectivity index (χ1) is 14.3. The van der Waals surface area contributed by atoms with Crippen LogP contribution in [-0.4, -0.2) is 33.1 Å². The van der Waals surface area contributed by atoms with E-state index in [-0.39, 0.29) is 24.3 Å². The van der Waals surface area contributed by atoms with Crippen LogP contribution in [0, 0.1) is 12.7 Å². The van der Waals surface area contributed by atoms with E-state index in [4.69, 9.17) is 18.0 Å². The molecule has 0 bridgehead atoms. The van der Waals surface area contributed by atoms with E-state index in [1.165, 1.54) is 12.1 Å². The fourth-order valence-electron chi connectivity index (χ4n) is 3.80. The zero-order valence-corrected chi connectivity index (χ0v) is 18.4. The number of rotatable bonds is 7. The fourth-order valence-corrected chi connectivity index (χ4v) is 4.09. The topological polar surface area (TPSA) is 72.9 Å². The lowest BCUT2D eigenvalue weighted by atomic mass is 9.87. The monoisotopic (exact) mass is 426 g/mol. The molecule has 0 spiro atoms. The second-order valence-electron chi connectivity index (χ2n) is 7.55. The quantitative estimate of drug-likeness (QED) is 0.666. The zero-order chi connectivity index (χ0) is 21.8. The summed E-state index contributed by atoms with van der Waals surface area (Å²) in [6.07, 6.45) is 5.58. The Balaban J connectivity index is 1.82. The lowest BCUT2D eigenvalue weighted by molar-refractivity contribution is -0.117. The second-order valence-corrected chi connectivity index (χ2v) is 8.04. The molecule has 1 aromatic carbocycles. The van der Waals surface area contributed by atoms with Gasteiger partial charge in [0.15, 0.2) is 0 Å². The minimum absolute atomic E-state index is 0.218. The molecular formula is C23H27FN4OS. The lowest BCUT2D eigenvalue weighted by Crippen LogP contribution is -2.43. The third kappa shape index (κ3) is 4.74. The number of thiocarbonyl (C=S) groups is 1. The van der Waals surface area contributed by atoms with Crippen molar-refractivity contribution in [2.75, 3.05) is 6.54 Å². The highest BCUT2D eigenvalue weighted by Crippen LogP contribution is 2.33. The predicted molar refractivity (Wildman–Crippen MR) is 122 cm³/mol. The maximum absolute atomic E-state index is 13.1. The van der Waals surface area contributed by atoms with Gasteiger partial charge in [-0.2, -0.15) is 5.10 Å². The van der Waals surface area contributed by atoms with Gasteiger partial charge in [0.25, 0.3) is 5.91 Å². The van der Waals surface area contributed by atoms with Crippen LogP contribution < -0.4 is 11.1 Å². The van der Waals surface area contributed by atoms with Crippen LogP contribution in [0.15, 0.2) is 47.7 Å². The summed E-state index contributed by atoms with van der Waals surface area (Å²) in [7, 11) is 1.92. The summed E-state index contributed by atoms with van der Waals surface area (Å²) in [5.41, 5.74) is 11.7. The van der Waals surface area contributed by atoms with E-state index >= 15 is 0 Å². The molecule has 0 aliphatic heterocycles. The number of allylic oxidation sites excluding steroid dienone is 3. The van der Waals surface area contributed by atoms with E-state index < -0.39 is 0 Å². The number of nitrogens with two attached hydrogens (primary N) is 1. The van der Waals surface area contributed by atoms with Crippen LogP contribution in [0.2, 0.25) is 0 Å². The van der Waals surface area contributed by atoms with Crippen molar-refractivity contribution in [1.29, 1.82) is 0 Å². The summed E-state index contributed by atoms with van der Waals surface area (Å²) in [4.78, 5) is 13.6. The van der Waals surface area contributed by atoms with Crippen molar-refractivity contribution in [3.63, 3.8) is 0 Å². The number of aromatic nitrogens is 2. The standard InChI is InChI=1S/C23H27FN4OS/c1-4-16-10-20(21(30)11-19(16)22-14(2)13-26-28(22)3)23(29)27-18(12-25)9-15-5-7-17(24)8-6-15/h5-8,10,13,18H,4,9,11-12,25H2,1-3H3,(H,27,29)/t18-/m0/s1. The summed E-state index contributed by atoms with van der Waals surface area (Å²) in [6, 6.07) is 5.96. The van der Waals surface area contributed by atoms with Crippen LogP contribution >= 0.6 is 12.2 Å². The molecule has 0 radical (unpaired) electrons. The molecule has 158 valence electrons. The maximum atomic E-state index is 13.1. The Kier molecular flexibility index (Phi) is 6.95. The summed E-state index contributed by atoms with van der Waals surface area (Å²) in [5, 5.41) is 7.33. The van der Waals surface area contributed by atoms with Crippen LogP contribution in [0.1, 0.15) is 36.6 Å². The van der Waals surface area contributed by atoms with Crippen LogP contribution in [0.5, 0.6) is 0 Å². The Morgan fingerprint density at radius 1 is 1.37 bits per heavy atom. The third-order valence-corrected chi connectivity index (χ3v) is 5.76. The first-order valence-corrected chi connectivity index (χ1v) is 10.5. The molecule has 1 amide bonds. The van der Waals surface area contributed by atoms with E-state index in [0.29, 0.717) is 23.3 Å². The van der Waals surface area contributed by atoms with E-state index in [0.717, 1.165) is 34.4 Å². The molecule has 1 aromatic heterocycles. The zero-order valence-electron chi connectivity index (χ0n) is 17.5. The molecule has 5 nitrogen and oxygen atoms in total. The second kappa shape index (κ2) is 9.45. The van der Waals surface area contributed by atoms with Crippen molar-refractivity contribution >= 4 is 28.6 Å². The van der Waals surface area contributed by atoms with E-state index in [2.05, 4.69) is 17.3 Å². The molecule has 0 saturated heterocycles. The van der Waals surface area contributed by atoms with Gasteiger partial charge in [0, 0.05) is 30.9 Å². The number of nitrogens with one attached hydrogen (secondary N) is 1. The summed E-state index contributed by atoms with van der Waals surface area (Å²) in [6.45, 7) is 4.37.